The molecular weight excluding hydrogens is 238 g/mol. The molecule has 1 amide bonds. The van der Waals surface area contributed by atoms with Crippen LogP contribution in [0.3, 0.4) is 0 Å². The average molecular weight is 259 g/mol. The Morgan fingerprint density at radius 1 is 1.32 bits per heavy atom. The first-order chi connectivity index (χ1) is 9.24. The molecule has 0 radical (unpaired) electrons. The number of amides is 1. The quantitative estimate of drug-likeness (QED) is 0.894. The molecule has 1 aromatic rings. The lowest BCUT2D eigenvalue weighted by atomic mass is 9.97. The predicted octanol–water partition coefficient (Wildman–Crippen LogP) is 1.49. The number of nitrogens with zero attached hydrogens (tertiary/aromatic N) is 2. The van der Waals surface area contributed by atoms with Crippen molar-refractivity contribution in [2.45, 2.75) is 56.7 Å². The second-order valence-electron chi connectivity index (χ2n) is 5.74. The van der Waals surface area contributed by atoms with Crippen LogP contribution in [-0.2, 0) is 11.2 Å². The number of carbonyl (C=O) groups excluding carboxylic acids is 1. The van der Waals surface area contributed by atoms with Crippen LogP contribution in [0.2, 0.25) is 0 Å². The highest BCUT2D eigenvalue weighted by Gasteiger charge is 2.41. The summed E-state index contributed by atoms with van der Waals surface area (Å²) < 4.78 is 0. The molecule has 2 aliphatic heterocycles. The average Bonchev–Trinajstić information content (AvgIpc) is 2.70. The van der Waals surface area contributed by atoms with E-state index < -0.39 is 0 Å². The van der Waals surface area contributed by atoms with E-state index in [0.29, 0.717) is 18.5 Å². The maximum Gasteiger partial charge on any atom is 0.223 e. The van der Waals surface area contributed by atoms with Crippen LogP contribution in [0.15, 0.2) is 24.4 Å². The topological polar surface area (TPSA) is 59.2 Å². The predicted molar refractivity (Wildman–Crippen MR) is 73.4 cm³/mol. The van der Waals surface area contributed by atoms with Crippen LogP contribution in [0.5, 0.6) is 0 Å². The number of rotatable bonds is 3. The Morgan fingerprint density at radius 3 is 2.68 bits per heavy atom. The summed E-state index contributed by atoms with van der Waals surface area (Å²) in [4.78, 5) is 18.8. The van der Waals surface area contributed by atoms with Gasteiger partial charge < -0.3 is 10.6 Å². The second kappa shape index (κ2) is 5.29. The molecule has 2 N–H and O–H groups in total. The molecule has 2 aliphatic rings. The molecular formula is C15H21N3O. The van der Waals surface area contributed by atoms with Crippen molar-refractivity contribution < 1.29 is 4.79 Å². The molecule has 19 heavy (non-hydrogen) atoms. The monoisotopic (exact) mass is 259 g/mol. The molecule has 4 heteroatoms. The van der Waals surface area contributed by atoms with Crippen LogP contribution in [0.1, 0.15) is 37.8 Å². The van der Waals surface area contributed by atoms with Crippen molar-refractivity contribution in [1.29, 1.82) is 0 Å². The standard InChI is InChI=1S/C15H21N3O/c16-11-9-13-5-6-14(10-11)18(13)15(19)7-4-12-3-1-2-8-17-12/h1-3,8,11,13-14H,4-7,9-10,16H2. The normalized spacial score (nSPS) is 29.5. The summed E-state index contributed by atoms with van der Waals surface area (Å²) in [6.45, 7) is 0. The molecule has 1 aromatic heterocycles. The summed E-state index contributed by atoms with van der Waals surface area (Å²) in [5.41, 5.74) is 7.03. The zero-order valence-electron chi connectivity index (χ0n) is 11.2. The summed E-state index contributed by atoms with van der Waals surface area (Å²) in [6.07, 6.45) is 7.31. The number of carbonyl (C=O) groups is 1. The van der Waals surface area contributed by atoms with Gasteiger partial charge in [-0.2, -0.15) is 0 Å². The minimum Gasteiger partial charge on any atom is -0.337 e. The third-order valence-corrected chi connectivity index (χ3v) is 4.38. The first kappa shape index (κ1) is 12.6. The number of fused-ring (bicyclic) bond motifs is 2. The van der Waals surface area contributed by atoms with Crippen molar-refractivity contribution in [2.24, 2.45) is 5.73 Å². The van der Waals surface area contributed by atoms with Crippen LogP contribution in [-0.4, -0.2) is 33.9 Å². The van der Waals surface area contributed by atoms with E-state index in [9.17, 15) is 4.79 Å². The van der Waals surface area contributed by atoms with Gasteiger partial charge in [0, 0.05) is 36.4 Å². The van der Waals surface area contributed by atoms with Crippen molar-refractivity contribution in [3.63, 3.8) is 0 Å². The van der Waals surface area contributed by atoms with Crippen LogP contribution >= 0.6 is 0 Å². The number of piperidine rings is 1. The fraction of sp³-hybridized carbons (Fsp3) is 0.600. The van der Waals surface area contributed by atoms with Gasteiger partial charge in [0.2, 0.25) is 5.91 Å². The minimum atomic E-state index is 0.282. The summed E-state index contributed by atoms with van der Waals surface area (Å²) >= 11 is 0. The molecule has 3 rings (SSSR count). The molecule has 4 nitrogen and oxygen atoms in total. The smallest absolute Gasteiger partial charge is 0.223 e. The molecule has 3 heterocycles. The van der Waals surface area contributed by atoms with E-state index in [0.717, 1.165) is 37.8 Å². The van der Waals surface area contributed by atoms with Gasteiger partial charge in [0.05, 0.1) is 0 Å². The van der Waals surface area contributed by atoms with Crippen molar-refractivity contribution in [1.82, 2.24) is 9.88 Å². The van der Waals surface area contributed by atoms with Gasteiger partial charge in [-0.1, -0.05) is 6.07 Å². The van der Waals surface area contributed by atoms with Crippen molar-refractivity contribution in [2.75, 3.05) is 0 Å². The van der Waals surface area contributed by atoms with Crippen LogP contribution in [0, 0.1) is 0 Å². The Bertz CT molecular complexity index is 434. The Labute approximate surface area is 114 Å². The van der Waals surface area contributed by atoms with E-state index >= 15 is 0 Å². The number of pyridine rings is 1. The Kier molecular flexibility index (Phi) is 3.51. The molecule has 2 unspecified atom stereocenters. The maximum absolute atomic E-state index is 12.4. The molecule has 0 aliphatic carbocycles. The zero-order valence-corrected chi connectivity index (χ0v) is 11.2. The lowest BCUT2D eigenvalue weighted by Gasteiger charge is -2.37. The molecule has 2 bridgehead atoms. The van der Waals surface area contributed by atoms with Gasteiger partial charge in [-0.05, 0) is 44.2 Å². The molecule has 102 valence electrons. The number of aryl methyl sites for hydroxylation is 1. The molecule has 0 aromatic carbocycles. The van der Waals surface area contributed by atoms with Crippen molar-refractivity contribution in [3.8, 4) is 0 Å². The Balaban J connectivity index is 1.59. The first-order valence-electron chi connectivity index (χ1n) is 7.20. The molecule has 0 saturated carbocycles. The van der Waals surface area contributed by atoms with E-state index in [-0.39, 0.29) is 11.9 Å². The first-order valence-corrected chi connectivity index (χ1v) is 7.20. The van der Waals surface area contributed by atoms with Crippen molar-refractivity contribution in [3.05, 3.63) is 30.1 Å². The summed E-state index contributed by atoms with van der Waals surface area (Å²) in [7, 11) is 0. The number of aromatic nitrogens is 1. The second-order valence-corrected chi connectivity index (χ2v) is 5.74. The fourth-order valence-corrected chi connectivity index (χ4v) is 3.54. The maximum atomic E-state index is 12.4. The highest BCUT2D eigenvalue weighted by atomic mass is 16.2. The highest BCUT2D eigenvalue weighted by molar-refractivity contribution is 5.77. The van der Waals surface area contributed by atoms with E-state index in [4.69, 9.17) is 5.73 Å². The number of hydrogen-bond donors (Lipinski definition) is 1. The fourth-order valence-electron chi connectivity index (χ4n) is 3.54. The van der Waals surface area contributed by atoms with E-state index in [2.05, 4.69) is 9.88 Å². The SMILES string of the molecule is NC1CC2CCC(C1)N2C(=O)CCc1ccccn1. The number of nitrogens with two attached hydrogens (primary N) is 1. The van der Waals surface area contributed by atoms with Gasteiger partial charge in [0.15, 0.2) is 0 Å². The van der Waals surface area contributed by atoms with E-state index in [1.54, 1.807) is 6.20 Å². The van der Waals surface area contributed by atoms with Crippen molar-refractivity contribution >= 4 is 5.91 Å². The van der Waals surface area contributed by atoms with Crippen LogP contribution in [0.4, 0.5) is 0 Å². The Morgan fingerprint density at radius 2 is 2.05 bits per heavy atom. The Hall–Kier alpha value is -1.42. The molecule has 2 atom stereocenters. The largest absolute Gasteiger partial charge is 0.337 e. The lowest BCUT2D eigenvalue weighted by molar-refractivity contribution is -0.135. The zero-order chi connectivity index (χ0) is 13.2. The van der Waals surface area contributed by atoms with E-state index in [1.807, 2.05) is 18.2 Å². The minimum absolute atomic E-state index is 0.282. The molecule has 0 spiro atoms. The van der Waals surface area contributed by atoms with Crippen LogP contribution < -0.4 is 5.73 Å². The van der Waals surface area contributed by atoms with Gasteiger partial charge in [-0.15, -0.1) is 0 Å². The van der Waals surface area contributed by atoms with Gasteiger partial charge in [0.25, 0.3) is 0 Å². The third kappa shape index (κ3) is 2.63. The van der Waals surface area contributed by atoms with Gasteiger partial charge >= 0.3 is 0 Å². The molecule has 2 fully saturated rings. The molecule has 2 saturated heterocycles. The third-order valence-electron chi connectivity index (χ3n) is 4.38. The van der Waals surface area contributed by atoms with Gasteiger partial charge in [-0.25, -0.2) is 0 Å². The van der Waals surface area contributed by atoms with E-state index in [1.165, 1.54) is 0 Å². The summed E-state index contributed by atoms with van der Waals surface area (Å²) in [6, 6.07) is 6.93. The number of hydrogen-bond acceptors (Lipinski definition) is 3. The van der Waals surface area contributed by atoms with Gasteiger partial charge in [-0.3, -0.25) is 9.78 Å². The summed E-state index contributed by atoms with van der Waals surface area (Å²) in [5.74, 6) is 0.282. The van der Waals surface area contributed by atoms with Crippen LogP contribution in [0.25, 0.3) is 0 Å². The lowest BCUT2D eigenvalue weighted by Crippen LogP contribution is -2.50. The summed E-state index contributed by atoms with van der Waals surface area (Å²) in [5, 5.41) is 0. The highest BCUT2D eigenvalue weighted by Crippen LogP contribution is 2.35. The van der Waals surface area contributed by atoms with Gasteiger partial charge in [0.1, 0.15) is 0 Å².